The number of benzene rings is 1. The van der Waals surface area contributed by atoms with Gasteiger partial charge in [-0.3, -0.25) is 9.48 Å². The lowest BCUT2D eigenvalue weighted by atomic mass is 9.99. The molecule has 3 aromatic rings. The van der Waals surface area contributed by atoms with E-state index in [9.17, 15) is 4.79 Å². The van der Waals surface area contributed by atoms with E-state index in [1.807, 2.05) is 36.8 Å². The molecule has 0 atom stereocenters. The fraction of sp³-hybridized carbons (Fsp3) is 0.286. The van der Waals surface area contributed by atoms with Crippen LogP contribution in [0.3, 0.4) is 0 Å². The molecule has 2 aromatic heterocycles. The maximum atomic E-state index is 12.7. The second kappa shape index (κ2) is 8.08. The van der Waals surface area contributed by atoms with E-state index in [0.717, 1.165) is 36.1 Å². The van der Waals surface area contributed by atoms with Crippen molar-refractivity contribution in [3.8, 4) is 5.75 Å². The summed E-state index contributed by atoms with van der Waals surface area (Å²) in [6, 6.07) is 9.09. The SMILES string of the molecule is COc1ccc(NC(=O)c2cc(C3=C(C)CCN(c4nccs4)C3)n(C)n2)cc1. The average Bonchev–Trinajstić information content (AvgIpc) is 3.39. The number of hydrogen-bond donors (Lipinski definition) is 1. The van der Waals surface area contributed by atoms with Crippen LogP contribution in [0.1, 0.15) is 29.5 Å². The third-order valence-corrected chi connectivity index (χ3v) is 5.91. The number of nitrogens with zero attached hydrogens (tertiary/aromatic N) is 4. The molecule has 4 rings (SSSR count). The first-order chi connectivity index (χ1) is 14.0. The Morgan fingerprint density at radius 3 is 2.76 bits per heavy atom. The molecule has 0 radical (unpaired) electrons. The van der Waals surface area contributed by atoms with Crippen LogP contribution in [0.15, 0.2) is 47.5 Å². The van der Waals surface area contributed by atoms with Gasteiger partial charge < -0.3 is 15.0 Å². The average molecular weight is 410 g/mol. The van der Waals surface area contributed by atoms with Crippen LogP contribution in [-0.2, 0) is 7.05 Å². The normalized spacial score (nSPS) is 14.2. The Balaban J connectivity index is 1.54. The molecule has 0 spiro atoms. The summed E-state index contributed by atoms with van der Waals surface area (Å²) in [4.78, 5) is 19.4. The van der Waals surface area contributed by atoms with Gasteiger partial charge in [0.05, 0.1) is 12.8 Å². The summed E-state index contributed by atoms with van der Waals surface area (Å²) < 4.78 is 6.93. The summed E-state index contributed by atoms with van der Waals surface area (Å²) >= 11 is 1.64. The number of thiazole rings is 1. The number of amides is 1. The zero-order chi connectivity index (χ0) is 20.4. The van der Waals surface area contributed by atoms with Crippen LogP contribution in [0.4, 0.5) is 10.8 Å². The van der Waals surface area contributed by atoms with Gasteiger partial charge in [0, 0.05) is 37.4 Å². The largest absolute Gasteiger partial charge is 0.497 e. The second-order valence-corrected chi connectivity index (χ2v) is 7.84. The Morgan fingerprint density at radius 2 is 2.07 bits per heavy atom. The van der Waals surface area contributed by atoms with E-state index in [0.29, 0.717) is 11.4 Å². The van der Waals surface area contributed by atoms with Gasteiger partial charge in [0.1, 0.15) is 5.75 Å². The van der Waals surface area contributed by atoms with Crippen molar-refractivity contribution in [2.75, 3.05) is 30.4 Å². The van der Waals surface area contributed by atoms with Crippen LogP contribution in [0.5, 0.6) is 5.75 Å². The Hall–Kier alpha value is -3.13. The topological polar surface area (TPSA) is 72.3 Å². The molecule has 1 amide bonds. The van der Waals surface area contributed by atoms with Gasteiger partial charge in [0.2, 0.25) is 0 Å². The summed E-state index contributed by atoms with van der Waals surface area (Å²) in [7, 11) is 3.49. The zero-order valence-electron chi connectivity index (χ0n) is 16.7. The summed E-state index contributed by atoms with van der Waals surface area (Å²) in [6.07, 6.45) is 2.80. The van der Waals surface area contributed by atoms with Crippen LogP contribution in [0.2, 0.25) is 0 Å². The smallest absolute Gasteiger partial charge is 0.276 e. The van der Waals surface area contributed by atoms with Gasteiger partial charge in [0.15, 0.2) is 10.8 Å². The number of carbonyl (C=O) groups excluding carboxylic acids is 1. The first kappa shape index (κ1) is 19.2. The number of methoxy groups -OCH3 is 1. The number of rotatable bonds is 5. The minimum atomic E-state index is -0.233. The fourth-order valence-corrected chi connectivity index (χ4v) is 4.09. The lowest BCUT2D eigenvalue weighted by Gasteiger charge is -2.29. The summed E-state index contributed by atoms with van der Waals surface area (Å²) in [6.45, 7) is 3.86. The first-order valence-corrected chi connectivity index (χ1v) is 10.3. The quantitative estimate of drug-likeness (QED) is 0.694. The predicted octanol–water partition coefficient (Wildman–Crippen LogP) is 3.82. The number of aromatic nitrogens is 3. The minimum Gasteiger partial charge on any atom is -0.497 e. The fourth-order valence-electron chi connectivity index (χ4n) is 3.42. The molecule has 29 heavy (non-hydrogen) atoms. The van der Waals surface area contributed by atoms with Crippen molar-refractivity contribution < 1.29 is 9.53 Å². The van der Waals surface area contributed by atoms with Gasteiger partial charge in [-0.25, -0.2) is 4.98 Å². The van der Waals surface area contributed by atoms with E-state index in [1.54, 1.807) is 35.3 Å². The maximum Gasteiger partial charge on any atom is 0.276 e. The van der Waals surface area contributed by atoms with Gasteiger partial charge >= 0.3 is 0 Å². The molecule has 1 N–H and O–H groups in total. The molecule has 1 aromatic carbocycles. The van der Waals surface area contributed by atoms with Crippen molar-refractivity contribution in [3.05, 3.63) is 58.9 Å². The first-order valence-electron chi connectivity index (χ1n) is 9.38. The summed E-state index contributed by atoms with van der Waals surface area (Å²) in [5.74, 6) is 0.510. The minimum absolute atomic E-state index is 0.233. The molecule has 0 aliphatic carbocycles. The zero-order valence-corrected chi connectivity index (χ0v) is 17.5. The molecule has 0 fully saturated rings. The van der Waals surface area contributed by atoms with Crippen molar-refractivity contribution in [2.45, 2.75) is 13.3 Å². The molecule has 0 saturated carbocycles. The van der Waals surface area contributed by atoms with Crippen molar-refractivity contribution in [2.24, 2.45) is 7.05 Å². The van der Waals surface area contributed by atoms with Crippen LogP contribution >= 0.6 is 11.3 Å². The molecule has 150 valence electrons. The van der Waals surface area contributed by atoms with Gasteiger partial charge in [-0.1, -0.05) is 5.57 Å². The third kappa shape index (κ3) is 4.02. The van der Waals surface area contributed by atoms with E-state index in [2.05, 4.69) is 27.2 Å². The highest BCUT2D eigenvalue weighted by molar-refractivity contribution is 7.13. The Kier molecular flexibility index (Phi) is 5.35. The van der Waals surface area contributed by atoms with E-state index in [-0.39, 0.29) is 5.91 Å². The molecule has 0 unspecified atom stereocenters. The molecule has 8 heteroatoms. The number of anilines is 2. The van der Waals surface area contributed by atoms with Crippen LogP contribution in [0.25, 0.3) is 5.57 Å². The summed E-state index contributed by atoms with van der Waals surface area (Å²) in [5, 5.41) is 10.4. The Morgan fingerprint density at radius 1 is 1.28 bits per heavy atom. The number of carbonyl (C=O) groups is 1. The molecule has 7 nitrogen and oxygen atoms in total. The number of ether oxygens (including phenoxy) is 1. The van der Waals surface area contributed by atoms with Crippen LogP contribution in [0, 0.1) is 0 Å². The molecule has 1 aliphatic rings. The maximum absolute atomic E-state index is 12.7. The van der Waals surface area contributed by atoms with E-state index in [1.165, 1.54) is 11.1 Å². The molecular weight excluding hydrogens is 386 g/mol. The second-order valence-electron chi connectivity index (χ2n) is 6.97. The lowest BCUT2D eigenvalue weighted by molar-refractivity contribution is 0.102. The highest BCUT2D eigenvalue weighted by Crippen LogP contribution is 2.30. The predicted molar refractivity (Wildman–Crippen MR) is 116 cm³/mol. The number of aryl methyl sites for hydroxylation is 1. The van der Waals surface area contributed by atoms with Gasteiger partial charge in [-0.15, -0.1) is 11.3 Å². The number of nitrogens with one attached hydrogen (secondary N) is 1. The van der Waals surface area contributed by atoms with E-state index >= 15 is 0 Å². The molecule has 1 aliphatic heterocycles. The van der Waals surface area contributed by atoms with Crippen molar-refractivity contribution >= 4 is 33.6 Å². The molecule has 0 saturated heterocycles. The van der Waals surface area contributed by atoms with Crippen LogP contribution in [-0.4, -0.2) is 40.9 Å². The lowest BCUT2D eigenvalue weighted by Crippen LogP contribution is -2.31. The van der Waals surface area contributed by atoms with Crippen molar-refractivity contribution in [3.63, 3.8) is 0 Å². The summed E-state index contributed by atoms with van der Waals surface area (Å²) in [5.41, 5.74) is 4.58. The van der Waals surface area contributed by atoms with Gasteiger partial charge in [-0.2, -0.15) is 5.10 Å². The Bertz CT molecular complexity index is 1040. The van der Waals surface area contributed by atoms with Crippen molar-refractivity contribution in [1.82, 2.24) is 14.8 Å². The highest BCUT2D eigenvalue weighted by Gasteiger charge is 2.23. The standard InChI is InChI=1S/C21H23N5O2S/c1-14-8-10-26(21-22-9-11-29-21)13-17(14)19-12-18(24-25(19)2)20(27)23-15-4-6-16(28-3)7-5-15/h4-7,9,11-12H,8,10,13H2,1-3H3,(H,23,27). The van der Waals surface area contributed by atoms with Crippen LogP contribution < -0.4 is 15.0 Å². The molecular formula is C21H23N5O2S. The molecule has 0 bridgehead atoms. The number of hydrogen-bond acceptors (Lipinski definition) is 6. The van der Waals surface area contributed by atoms with Crippen molar-refractivity contribution in [1.29, 1.82) is 0 Å². The third-order valence-electron chi connectivity index (χ3n) is 5.08. The van der Waals surface area contributed by atoms with E-state index in [4.69, 9.17) is 4.74 Å². The van der Waals surface area contributed by atoms with Gasteiger partial charge in [-0.05, 0) is 49.2 Å². The highest BCUT2D eigenvalue weighted by atomic mass is 32.1. The molecule has 3 heterocycles. The Labute approximate surface area is 173 Å². The monoisotopic (exact) mass is 409 g/mol. The van der Waals surface area contributed by atoms with E-state index < -0.39 is 0 Å². The van der Waals surface area contributed by atoms with Gasteiger partial charge in [0.25, 0.3) is 5.91 Å².